The minimum atomic E-state index is -1.04. The normalized spacial score (nSPS) is 11.5. The van der Waals surface area contributed by atoms with Crippen molar-refractivity contribution in [2.75, 3.05) is 5.32 Å². The Morgan fingerprint density at radius 1 is 1.14 bits per heavy atom. The number of aromatic carboxylic acids is 1. The van der Waals surface area contributed by atoms with Gasteiger partial charge < -0.3 is 15.2 Å². The number of aryl methyl sites for hydroxylation is 1. The molecular formula is C17H17NO4. The van der Waals surface area contributed by atoms with E-state index >= 15 is 0 Å². The molecule has 0 aliphatic rings. The zero-order chi connectivity index (χ0) is 16.1. The molecular weight excluding hydrogens is 282 g/mol. The topological polar surface area (TPSA) is 75.6 Å². The third-order valence-corrected chi connectivity index (χ3v) is 3.08. The first kappa shape index (κ1) is 15.6. The van der Waals surface area contributed by atoms with Crippen molar-refractivity contribution < 1.29 is 19.4 Å². The number of anilines is 1. The second kappa shape index (κ2) is 6.76. The van der Waals surface area contributed by atoms with Crippen LogP contribution in [0.15, 0.2) is 48.5 Å². The van der Waals surface area contributed by atoms with Crippen LogP contribution in [0.5, 0.6) is 5.75 Å². The highest BCUT2D eigenvalue weighted by Crippen LogP contribution is 2.16. The molecule has 5 nitrogen and oxygen atoms in total. The van der Waals surface area contributed by atoms with Gasteiger partial charge in [0.15, 0.2) is 6.10 Å². The van der Waals surface area contributed by atoms with Crippen molar-refractivity contribution in [1.29, 1.82) is 0 Å². The molecule has 0 aliphatic heterocycles. The Morgan fingerprint density at radius 2 is 1.82 bits per heavy atom. The van der Waals surface area contributed by atoms with E-state index in [2.05, 4.69) is 5.32 Å². The first-order valence-electron chi connectivity index (χ1n) is 6.83. The highest BCUT2D eigenvalue weighted by molar-refractivity contribution is 5.94. The average Bonchev–Trinajstić information content (AvgIpc) is 2.49. The third kappa shape index (κ3) is 4.09. The summed E-state index contributed by atoms with van der Waals surface area (Å²) in [6, 6.07) is 13.5. The van der Waals surface area contributed by atoms with Gasteiger partial charge in [-0.3, -0.25) is 4.79 Å². The highest BCUT2D eigenvalue weighted by atomic mass is 16.5. The number of hydrogen-bond donors (Lipinski definition) is 2. The summed E-state index contributed by atoms with van der Waals surface area (Å²) in [7, 11) is 0. The number of benzene rings is 2. The number of ether oxygens (including phenoxy) is 1. The van der Waals surface area contributed by atoms with Crippen molar-refractivity contribution in [3.05, 3.63) is 59.7 Å². The molecule has 2 aromatic rings. The van der Waals surface area contributed by atoms with Crippen LogP contribution in [0.3, 0.4) is 0 Å². The van der Waals surface area contributed by atoms with Gasteiger partial charge in [-0.1, -0.05) is 23.8 Å². The summed E-state index contributed by atoms with van der Waals surface area (Å²) in [6.45, 7) is 3.57. The molecule has 1 unspecified atom stereocenters. The Morgan fingerprint density at radius 3 is 2.45 bits per heavy atom. The minimum absolute atomic E-state index is 0.114. The molecule has 0 bridgehead atoms. The summed E-state index contributed by atoms with van der Waals surface area (Å²) in [5.74, 6) is -1.00. The quantitative estimate of drug-likeness (QED) is 0.889. The van der Waals surface area contributed by atoms with E-state index in [9.17, 15) is 9.59 Å². The second-order valence-corrected chi connectivity index (χ2v) is 4.95. The molecule has 114 valence electrons. The van der Waals surface area contributed by atoms with Gasteiger partial charge in [0.2, 0.25) is 0 Å². The number of nitrogens with one attached hydrogen (secondary N) is 1. The van der Waals surface area contributed by atoms with E-state index in [1.54, 1.807) is 19.1 Å². The predicted octanol–water partition coefficient (Wildman–Crippen LogP) is 3.10. The Hall–Kier alpha value is -2.82. The number of carboxylic acid groups (broad SMARTS) is 1. The highest BCUT2D eigenvalue weighted by Gasteiger charge is 2.15. The van der Waals surface area contributed by atoms with Crippen molar-refractivity contribution in [3.8, 4) is 5.75 Å². The lowest BCUT2D eigenvalue weighted by atomic mass is 10.2. The number of carbonyl (C=O) groups excluding carboxylic acids is 1. The molecule has 0 aliphatic carbocycles. The monoisotopic (exact) mass is 299 g/mol. The largest absolute Gasteiger partial charge is 0.481 e. The fourth-order valence-electron chi connectivity index (χ4n) is 1.84. The van der Waals surface area contributed by atoms with Crippen LogP contribution in [0.4, 0.5) is 5.69 Å². The van der Waals surface area contributed by atoms with Crippen LogP contribution in [0, 0.1) is 6.92 Å². The molecule has 2 aromatic carbocycles. The van der Waals surface area contributed by atoms with Crippen LogP contribution in [-0.2, 0) is 4.79 Å². The fraction of sp³-hybridized carbons (Fsp3) is 0.176. The van der Waals surface area contributed by atoms with Crippen LogP contribution in [0.1, 0.15) is 22.8 Å². The van der Waals surface area contributed by atoms with Gasteiger partial charge in [0.1, 0.15) is 5.75 Å². The lowest BCUT2D eigenvalue weighted by Crippen LogP contribution is -2.30. The van der Waals surface area contributed by atoms with Crippen LogP contribution in [0.2, 0.25) is 0 Å². The van der Waals surface area contributed by atoms with Crippen LogP contribution >= 0.6 is 0 Å². The summed E-state index contributed by atoms with van der Waals surface area (Å²) in [6.07, 6.45) is -0.745. The van der Waals surface area contributed by atoms with Gasteiger partial charge >= 0.3 is 5.97 Å². The first-order valence-corrected chi connectivity index (χ1v) is 6.83. The van der Waals surface area contributed by atoms with E-state index in [-0.39, 0.29) is 11.5 Å². The van der Waals surface area contributed by atoms with Crippen molar-refractivity contribution in [2.45, 2.75) is 20.0 Å². The number of carboxylic acids is 1. The molecule has 1 atom stereocenters. The van der Waals surface area contributed by atoms with Crippen LogP contribution < -0.4 is 10.1 Å². The van der Waals surface area contributed by atoms with Gasteiger partial charge in [0.25, 0.3) is 5.91 Å². The minimum Gasteiger partial charge on any atom is -0.481 e. The molecule has 0 fully saturated rings. The van der Waals surface area contributed by atoms with Gasteiger partial charge in [-0.2, -0.15) is 0 Å². The van der Waals surface area contributed by atoms with Crippen LogP contribution in [-0.4, -0.2) is 23.1 Å². The molecule has 0 heterocycles. The van der Waals surface area contributed by atoms with Crippen molar-refractivity contribution >= 4 is 17.6 Å². The van der Waals surface area contributed by atoms with E-state index in [4.69, 9.17) is 9.84 Å². The van der Waals surface area contributed by atoms with E-state index in [0.29, 0.717) is 11.4 Å². The molecule has 22 heavy (non-hydrogen) atoms. The van der Waals surface area contributed by atoms with Gasteiger partial charge in [-0.15, -0.1) is 0 Å². The fourth-order valence-corrected chi connectivity index (χ4v) is 1.84. The van der Waals surface area contributed by atoms with Gasteiger partial charge in [-0.05, 0) is 44.2 Å². The van der Waals surface area contributed by atoms with Gasteiger partial charge in [-0.25, -0.2) is 4.79 Å². The van der Waals surface area contributed by atoms with E-state index < -0.39 is 12.1 Å². The SMILES string of the molecule is Cc1ccc(NC(=O)C(C)Oc2cccc(C(=O)O)c2)cc1. The van der Waals surface area contributed by atoms with Gasteiger partial charge in [0.05, 0.1) is 5.56 Å². The summed E-state index contributed by atoms with van der Waals surface area (Å²) >= 11 is 0. The van der Waals surface area contributed by atoms with E-state index in [1.807, 2.05) is 31.2 Å². The summed E-state index contributed by atoms with van der Waals surface area (Å²) in [4.78, 5) is 23.0. The predicted molar refractivity (Wildman–Crippen MR) is 83.3 cm³/mol. The van der Waals surface area contributed by atoms with Crippen LogP contribution in [0.25, 0.3) is 0 Å². The molecule has 0 radical (unpaired) electrons. The first-order chi connectivity index (χ1) is 10.5. The van der Waals surface area contributed by atoms with E-state index in [0.717, 1.165) is 5.56 Å². The molecule has 2 rings (SSSR count). The number of hydrogen-bond acceptors (Lipinski definition) is 3. The van der Waals surface area contributed by atoms with Crippen molar-refractivity contribution in [1.82, 2.24) is 0 Å². The standard InChI is InChI=1S/C17H17NO4/c1-11-6-8-14(9-7-11)18-16(19)12(2)22-15-5-3-4-13(10-15)17(20)21/h3-10,12H,1-2H3,(H,18,19)(H,20,21). The maximum atomic E-state index is 12.1. The van der Waals surface area contributed by atoms with Gasteiger partial charge in [0, 0.05) is 5.69 Å². The van der Waals surface area contributed by atoms with Crippen molar-refractivity contribution in [2.24, 2.45) is 0 Å². The summed E-state index contributed by atoms with van der Waals surface area (Å²) in [5, 5.41) is 11.7. The third-order valence-electron chi connectivity index (χ3n) is 3.08. The summed E-state index contributed by atoms with van der Waals surface area (Å²) < 4.78 is 5.49. The number of rotatable bonds is 5. The Kier molecular flexibility index (Phi) is 4.78. The molecule has 1 amide bonds. The Labute approximate surface area is 128 Å². The molecule has 2 N–H and O–H groups in total. The number of carbonyl (C=O) groups is 2. The lowest BCUT2D eigenvalue weighted by Gasteiger charge is -2.15. The zero-order valence-corrected chi connectivity index (χ0v) is 12.4. The maximum absolute atomic E-state index is 12.1. The van der Waals surface area contributed by atoms with E-state index in [1.165, 1.54) is 12.1 Å². The maximum Gasteiger partial charge on any atom is 0.335 e. The zero-order valence-electron chi connectivity index (χ0n) is 12.4. The molecule has 0 spiro atoms. The molecule has 5 heteroatoms. The second-order valence-electron chi connectivity index (χ2n) is 4.95. The van der Waals surface area contributed by atoms with Crippen molar-refractivity contribution in [3.63, 3.8) is 0 Å². The summed E-state index contributed by atoms with van der Waals surface area (Å²) in [5.41, 5.74) is 1.90. The lowest BCUT2D eigenvalue weighted by molar-refractivity contribution is -0.122. The molecule has 0 saturated heterocycles. The average molecular weight is 299 g/mol. The molecule has 0 saturated carbocycles. The number of amides is 1. The molecule has 0 aromatic heterocycles. The Bertz CT molecular complexity index is 679. The smallest absolute Gasteiger partial charge is 0.335 e. The Balaban J connectivity index is 2.00.